The Bertz CT molecular complexity index is 325. The SMILES string of the molecule is CCc1cnc(C(=O)OC)c(F)c1. The molecule has 3 nitrogen and oxygen atoms in total. The summed E-state index contributed by atoms with van der Waals surface area (Å²) in [6.07, 6.45) is 2.15. The smallest absolute Gasteiger partial charge is 0.359 e. The lowest BCUT2D eigenvalue weighted by atomic mass is 10.2. The van der Waals surface area contributed by atoms with Crippen LogP contribution in [0.2, 0.25) is 0 Å². The molecular formula is C9H10FNO2. The van der Waals surface area contributed by atoms with Gasteiger partial charge < -0.3 is 4.74 Å². The molecule has 0 atom stereocenters. The summed E-state index contributed by atoms with van der Waals surface area (Å²) in [6, 6.07) is 1.29. The number of rotatable bonds is 2. The van der Waals surface area contributed by atoms with Crippen molar-refractivity contribution in [3.63, 3.8) is 0 Å². The predicted molar refractivity (Wildman–Crippen MR) is 44.9 cm³/mol. The molecule has 0 aliphatic carbocycles. The molecule has 1 aromatic heterocycles. The Kier molecular flexibility index (Phi) is 2.95. The van der Waals surface area contributed by atoms with E-state index in [0.717, 1.165) is 5.56 Å². The van der Waals surface area contributed by atoms with Crippen LogP contribution in [0.4, 0.5) is 4.39 Å². The van der Waals surface area contributed by atoms with E-state index in [4.69, 9.17) is 0 Å². The lowest BCUT2D eigenvalue weighted by Crippen LogP contribution is -2.07. The normalized spacial score (nSPS) is 9.77. The molecule has 0 N–H and O–H groups in total. The van der Waals surface area contributed by atoms with Gasteiger partial charge in [-0.1, -0.05) is 6.92 Å². The largest absolute Gasteiger partial charge is 0.464 e. The molecule has 0 unspecified atom stereocenters. The summed E-state index contributed by atoms with van der Waals surface area (Å²) in [6.45, 7) is 1.88. The second kappa shape index (κ2) is 3.98. The van der Waals surface area contributed by atoms with Gasteiger partial charge in [-0.2, -0.15) is 0 Å². The number of halogens is 1. The van der Waals surface area contributed by atoms with Gasteiger partial charge >= 0.3 is 5.97 Å². The van der Waals surface area contributed by atoms with E-state index in [9.17, 15) is 9.18 Å². The van der Waals surface area contributed by atoms with Crippen LogP contribution in [0.1, 0.15) is 23.0 Å². The number of pyridine rings is 1. The number of aryl methyl sites for hydroxylation is 1. The molecule has 4 heteroatoms. The number of hydrogen-bond donors (Lipinski definition) is 0. The van der Waals surface area contributed by atoms with Crippen LogP contribution in [0.15, 0.2) is 12.3 Å². The number of esters is 1. The maximum atomic E-state index is 13.1. The Morgan fingerprint density at radius 1 is 1.69 bits per heavy atom. The van der Waals surface area contributed by atoms with Crippen LogP contribution in [-0.4, -0.2) is 18.1 Å². The average molecular weight is 183 g/mol. The quantitative estimate of drug-likeness (QED) is 0.653. The summed E-state index contributed by atoms with van der Waals surface area (Å²) < 4.78 is 17.5. The molecular weight excluding hydrogens is 173 g/mol. The molecule has 0 amide bonds. The van der Waals surface area contributed by atoms with Gasteiger partial charge in [0.1, 0.15) is 0 Å². The van der Waals surface area contributed by atoms with E-state index in [0.29, 0.717) is 6.42 Å². The maximum Gasteiger partial charge on any atom is 0.359 e. The van der Waals surface area contributed by atoms with Crippen molar-refractivity contribution < 1.29 is 13.9 Å². The summed E-state index contributed by atoms with van der Waals surface area (Å²) in [5.41, 5.74) is 0.491. The van der Waals surface area contributed by atoms with Crippen LogP contribution in [0, 0.1) is 5.82 Å². The lowest BCUT2D eigenvalue weighted by molar-refractivity contribution is 0.0588. The first-order chi connectivity index (χ1) is 6.19. The number of carbonyl (C=O) groups is 1. The highest BCUT2D eigenvalue weighted by atomic mass is 19.1. The van der Waals surface area contributed by atoms with Crippen LogP contribution >= 0.6 is 0 Å². The second-order valence-corrected chi connectivity index (χ2v) is 2.52. The fraction of sp³-hybridized carbons (Fsp3) is 0.333. The molecule has 0 saturated heterocycles. The van der Waals surface area contributed by atoms with Gasteiger partial charge in [0.05, 0.1) is 7.11 Å². The topological polar surface area (TPSA) is 39.2 Å². The van der Waals surface area contributed by atoms with Gasteiger partial charge in [0.25, 0.3) is 0 Å². The second-order valence-electron chi connectivity index (χ2n) is 2.52. The minimum absolute atomic E-state index is 0.264. The molecule has 70 valence electrons. The molecule has 0 spiro atoms. The van der Waals surface area contributed by atoms with E-state index in [2.05, 4.69) is 9.72 Å². The highest BCUT2D eigenvalue weighted by Crippen LogP contribution is 2.08. The number of methoxy groups -OCH3 is 1. The van der Waals surface area contributed by atoms with Crippen LogP contribution in [0.25, 0.3) is 0 Å². The minimum Gasteiger partial charge on any atom is -0.464 e. The van der Waals surface area contributed by atoms with Gasteiger partial charge in [0.2, 0.25) is 0 Å². The van der Waals surface area contributed by atoms with Crippen molar-refractivity contribution in [2.75, 3.05) is 7.11 Å². The van der Waals surface area contributed by atoms with E-state index in [1.54, 1.807) is 0 Å². The van der Waals surface area contributed by atoms with Crippen molar-refractivity contribution in [3.8, 4) is 0 Å². The first-order valence-corrected chi connectivity index (χ1v) is 3.91. The van der Waals surface area contributed by atoms with E-state index in [1.165, 1.54) is 19.4 Å². The third-order valence-electron chi connectivity index (χ3n) is 1.68. The Labute approximate surface area is 75.6 Å². The summed E-state index contributed by atoms with van der Waals surface area (Å²) in [5, 5.41) is 0. The fourth-order valence-electron chi connectivity index (χ4n) is 0.918. The first-order valence-electron chi connectivity index (χ1n) is 3.91. The summed E-state index contributed by atoms with van der Waals surface area (Å²) in [4.78, 5) is 14.6. The Morgan fingerprint density at radius 3 is 2.85 bits per heavy atom. The molecule has 0 radical (unpaired) electrons. The molecule has 0 aromatic carbocycles. The number of aromatic nitrogens is 1. The molecule has 1 rings (SSSR count). The summed E-state index contributed by atoms with van der Waals surface area (Å²) in [7, 11) is 1.19. The number of carbonyl (C=O) groups excluding carboxylic acids is 1. The molecule has 1 aromatic rings. The number of ether oxygens (including phenoxy) is 1. The van der Waals surface area contributed by atoms with Crippen molar-refractivity contribution in [2.45, 2.75) is 13.3 Å². The van der Waals surface area contributed by atoms with E-state index in [-0.39, 0.29) is 5.69 Å². The van der Waals surface area contributed by atoms with Crippen LogP contribution in [0.5, 0.6) is 0 Å². The Hall–Kier alpha value is -1.45. The standard InChI is InChI=1S/C9H10FNO2/c1-3-6-4-7(10)8(11-5-6)9(12)13-2/h4-5H,3H2,1-2H3. The zero-order valence-electron chi connectivity index (χ0n) is 7.50. The monoisotopic (exact) mass is 183 g/mol. The molecule has 13 heavy (non-hydrogen) atoms. The van der Waals surface area contributed by atoms with E-state index in [1.807, 2.05) is 6.92 Å². The van der Waals surface area contributed by atoms with Gasteiger partial charge in [-0.25, -0.2) is 14.2 Å². The van der Waals surface area contributed by atoms with Crippen molar-refractivity contribution in [3.05, 3.63) is 29.3 Å². The minimum atomic E-state index is -0.750. The molecule has 0 saturated carbocycles. The third-order valence-corrected chi connectivity index (χ3v) is 1.68. The zero-order chi connectivity index (χ0) is 9.84. The summed E-state index contributed by atoms with van der Waals surface area (Å²) >= 11 is 0. The number of nitrogens with zero attached hydrogens (tertiary/aromatic N) is 1. The van der Waals surface area contributed by atoms with Crippen LogP contribution < -0.4 is 0 Å². The Balaban J connectivity index is 3.05. The third kappa shape index (κ3) is 2.02. The van der Waals surface area contributed by atoms with Gasteiger partial charge in [0, 0.05) is 6.20 Å². The number of hydrogen-bond acceptors (Lipinski definition) is 3. The van der Waals surface area contributed by atoms with Crippen molar-refractivity contribution >= 4 is 5.97 Å². The van der Waals surface area contributed by atoms with Crippen LogP contribution in [0.3, 0.4) is 0 Å². The highest BCUT2D eigenvalue weighted by molar-refractivity contribution is 5.87. The first kappa shape index (κ1) is 9.64. The van der Waals surface area contributed by atoms with Crippen molar-refractivity contribution in [1.82, 2.24) is 4.98 Å². The average Bonchev–Trinajstić information content (AvgIpc) is 2.16. The maximum absolute atomic E-state index is 13.1. The van der Waals surface area contributed by atoms with Gasteiger partial charge in [-0.3, -0.25) is 0 Å². The Morgan fingerprint density at radius 2 is 2.38 bits per heavy atom. The highest BCUT2D eigenvalue weighted by Gasteiger charge is 2.13. The van der Waals surface area contributed by atoms with E-state index < -0.39 is 11.8 Å². The van der Waals surface area contributed by atoms with Crippen molar-refractivity contribution in [1.29, 1.82) is 0 Å². The fourth-order valence-corrected chi connectivity index (χ4v) is 0.918. The molecule has 1 heterocycles. The molecule has 0 aliphatic heterocycles. The summed E-state index contributed by atoms with van der Waals surface area (Å²) in [5.74, 6) is -1.38. The molecule has 0 fully saturated rings. The zero-order valence-corrected chi connectivity index (χ0v) is 7.50. The van der Waals surface area contributed by atoms with Crippen molar-refractivity contribution in [2.24, 2.45) is 0 Å². The van der Waals surface area contributed by atoms with Crippen LogP contribution in [-0.2, 0) is 11.2 Å². The van der Waals surface area contributed by atoms with Gasteiger partial charge in [0.15, 0.2) is 11.5 Å². The molecule has 0 aliphatic rings. The van der Waals surface area contributed by atoms with Gasteiger partial charge in [-0.05, 0) is 18.1 Å². The lowest BCUT2D eigenvalue weighted by Gasteiger charge is -2.01. The molecule has 0 bridgehead atoms. The van der Waals surface area contributed by atoms with E-state index >= 15 is 0 Å². The predicted octanol–water partition coefficient (Wildman–Crippen LogP) is 1.57. The van der Waals surface area contributed by atoms with Gasteiger partial charge in [-0.15, -0.1) is 0 Å².